The minimum Gasteiger partial charge on any atom is -0.481 e. The van der Waals surface area contributed by atoms with Gasteiger partial charge in [0.15, 0.2) is 0 Å². The lowest BCUT2D eigenvalue weighted by Crippen LogP contribution is -2.63. The first-order chi connectivity index (χ1) is 21.2. The van der Waals surface area contributed by atoms with Gasteiger partial charge < -0.3 is 19.7 Å². The van der Waals surface area contributed by atoms with Crippen molar-refractivity contribution >= 4 is 23.7 Å². The second kappa shape index (κ2) is 11.0. The molecule has 0 aromatic rings. The number of aliphatic hydroxyl groups is 1. The van der Waals surface area contributed by atoms with Gasteiger partial charge in [0, 0.05) is 22.7 Å². The van der Waals surface area contributed by atoms with E-state index >= 15 is 0 Å². The van der Waals surface area contributed by atoms with Gasteiger partial charge in [0.05, 0.1) is 22.9 Å². The first-order valence-corrected chi connectivity index (χ1v) is 18.2. The molecule has 0 aromatic carbocycles. The Labute approximate surface area is 275 Å². The van der Waals surface area contributed by atoms with Crippen molar-refractivity contribution in [3.8, 4) is 0 Å². The highest BCUT2D eigenvalue weighted by Gasteiger charge is 2.64. The maximum absolute atomic E-state index is 14.2. The largest absolute Gasteiger partial charge is 0.481 e. The number of carboxylic acids is 1. The Hall–Kier alpha value is -1.96. The van der Waals surface area contributed by atoms with Crippen molar-refractivity contribution in [2.45, 2.75) is 155 Å². The molecule has 0 aliphatic heterocycles. The Morgan fingerprint density at radius 3 is 1.76 bits per heavy atom. The first-order valence-electron chi connectivity index (χ1n) is 18.2. The molecule has 6 atom stereocenters. The molecule has 0 amide bonds. The zero-order valence-corrected chi connectivity index (χ0v) is 29.3. The minimum absolute atomic E-state index is 0.0447. The first kappa shape index (κ1) is 33.9. The standard InChI is InChI=1S/C38H58O8/c1-8-25(30(40)45-35(6,7)37-14-23-9-24(15-37)17-38(44,16-23)21-37)12-28(18-33(2,3)32(42)43)31(41)46-34(4,5)36-13-22-10-26(19-36)29(39)27(11-22)20-36/h22-28,44H,8-21H2,1-7H3,(H,42,43). The van der Waals surface area contributed by atoms with Crippen LogP contribution >= 0.6 is 0 Å². The third kappa shape index (κ3) is 5.64. The summed E-state index contributed by atoms with van der Waals surface area (Å²) in [5, 5.41) is 21.4. The minimum atomic E-state index is -1.20. The molecule has 0 radical (unpaired) electrons. The second-order valence-corrected chi connectivity index (χ2v) is 18.8. The fraction of sp³-hybridized carbons (Fsp3) is 0.895. The van der Waals surface area contributed by atoms with Gasteiger partial charge in [-0.3, -0.25) is 19.2 Å². The number of aliphatic carboxylic acids is 1. The van der Waals surface area contributed by atoms with Gasteiger partial charge >= 0.3 is 17.9 Å². The number of hydrogen-bond donors (Lipinski definition) is 2. The summed E-state index contributed by atoms with van der Waals surface area (Å²) in [6.45, 7) is 13.1. The summed E-state index contributed by atoms with van der Waals surface area (Å²) in [5.41, 5.74) is -4.02. The molecule has 8 heteroatoms. The number of carbonyl (C=O) groups excluding carboxylic acids is 3. The molecule has 8 bridgehead atoms. The maximum atomic E-state index is 14.2. The third-order valence-corrected chi connectivity index (χ3v) is 14.4. The van der Waals surface area contributed by atoms with Gasteiger partial charge in [-0.1, -0.05) is 6.92 Å². The van der Waals surface area contributed by atoms with Crippen LogP contribution in [0.1, 0.15) is 138 Å². The van der Waals surface area contributed by atoms with Crippen LogP contribution < -0.4 is 0 Å². The molecule has 46 heavy (non-hydrogen) atoms. The number of carboxylic acid groups (broad SMARTS) is 1. The highest BCUT2D eigenvalue weighted by Crippen LogP contribution is 2.66. The SMILES string of the molecule is CCC(CC(CC(C)(C)C(=O)O)C(=O)OC(C)(C)C12CC3CC(C1)C(=O)C(C3)C2)C(=O)OC(C)(C)C12CC3CC(CC(O)(C3)C1)C2. The van der Waals surface area contributed by atoms with Crippen LogP contribution in [-0.4, -0.2) is 50.7 Å². The summed E-state index contributed by atoms with van der Waals surface area (Å²) >= 11 is 0. The van der Waals surface area contributed by atoms with E-state index in [1.807, 2.05) is 34.6 Å². The van der Waals surface area contributed by atoms with Gasteiger partial charge in [0.1, 0.15) is 17.0 Å². The molecular weight excluding hydrogens is 584 g/mol. The second-order valence-electron chi connectivity index (χ2n) is 18.8. The lowest BCUT2D eigenvalue weighted by atomic mass is 9.44. The van der Waals surface area contributed by atoms with Gasteiger partial charge in [-0.15, -0.1) is 0 Å². The fourth-order valence-electron chi connectivity index (χ4n) is 12.0. The van der Waals surface area contributed by atoms with Crippen LogP contribution in [0.2, 0.25) is 0 Å². The Bertz CT molecular complexity index is 1250. The number of Topliss-reactive ketones (excluding diaryl/α,β-unsaturated/α-hetero) is 1. The summed E-state index contributed by atoms with van der Waals surface area (Å²) in [6.07, 6.45) is 10.3. The molecule has 8 aliphatic carbocycles. The predicted molar refractivity (Wildman–Crippen MR) is 171 cm³/mol. The molecule has 0 saturated heterocycles. The summed E-state index contributed by atoms with van der Waals surface area (Å²) < 4.78 is 12.8. The number of esters is 2. The highest BCUT2D eigenvalue weighted by atomic mass is 16.6. The number of ketones is 1. The van der Waals surface area contributed by atoms with E-state index in [0.29, 0.717) is 36.4 Å². The maximum Gasteiger partial charge on any atom is 0.309 e. The smallest absolute Gasteiger partial charge is 0.309 e. The van der Waals surface area contributed by atoms with E-state index in [-0.39, 0.29) is 41.5 Å². The molecule has 8 aliphatic rings. The molecule has 8 fully saturated rings. The predicted octanol–water partition coefficient (Wildman–Crippen LogP) is 6.89. The molecule has 258 valence electrons. The lowest BCUT2D eigenvalue weighted by molar-refractivity contribution is -0.234. The number of rotatable bonds is 12. The highest BCUT2D eigenvalue weighted by molar-refractivity contribution is 5.86. The normalized spacial score (nSPS) is 39.3. The Kier molecular flexibility index (Phi) is 8.13. The fourth-order valence-corrected chi connectivity index (χ4v) is 12.0. The van der Waals surface area contributed by atoms with Crippen molar-refractivity contribution in [1.29, 1.82) is 0 Å². The van der Waals surface area contributed by atoms with E-state index in [2.05, 4.69) is 0 Å². The average molecular weight is 643 g/mol. The van der Waals surface area contributed by atoms with Crippen molar-refractivity contribution in [2.24, 2.45) is 57.7 Å². The summed E-state index contributed by atoms with van der Waals surface area (Å²) in [5.74, 6) is -1.36. The molecule has 2 N–H and O–H groups in total. The van der Waals surface area contributed by atoms with Gasteiger partial charge in [-0.25, -0.2) is 0 Å². The van der Waals surface area contributed by atoms with Crippen LogP contribution in [0.4, 0.5) is 0 Å². The van der Waals surface area contributed by atoms with Crippen molar-refractivity contribution in [3.63, 3.8) is 0 Å². The van der Waals surface area contributed by atoms with E-state index in [1.165, 1.54) is 0 Å². The van der Waals surface area contributed by atoms with Gasteiger partial charge in [-0.2, -0.15) is 0 Å². The van der Waals surface area contributed by atoms with Gasteiger partial charge in [-0.05, 0) is 149 Å². The van der Waals surface area contributed by atoms with Crippen LogP contribution in [0.15, 0.2) is 0 Å². The van der Waals surface area contributed by atoms with Crippen LogP contribution in [0.25, 0.3) is 0 Å². The molecule has 6 unspecified atom stereocenters. The zero-order valence-electron chi connectivity index (χ0n) is 29.3. The lowest BCUT2D eigenvalue weighted by Gasteiger charge is -2.64. The molecule has 8 saturated carbocycles. The molecule has 0 heterocycles. The average Bonchev–Trinajstić information content (AvgIpc) is 2.91. The van der Waals surface area contributed by atoms with Crippen LogP contribution in [0.5, 0.6) is 0 Å². The van der Waals surface area contributed by atoms with E-state index in [4.69, 9.17) is 9.47 Å². The van der Waals surface area contributed by atoms with Crippen LogP contribution in [0.3, 0.4) is 0 Å². The molecule has 8 rings (SSSR count). The van der Waals surface area contributed by atoms with Crippen molar-refractivity contribution in [3.05, 3.63) is 0 Å². The number of carbonyl (C=O) groups is 4. The molecular formula is C38H58O8. The Morgan fingerprint density at radius 1 is 0.761 bits per heavy atom. The monoisotopic (exact) mass is 642 g/mol. The quantitative estimate of drug-likeness (QED) is 0.220. The van der Waals surface area contributed by atoms with Crippen molar-refractivity contribution in [1.82, 2.24) is 0 Å². The Balaban J connectivity index is 1.19. The van der Waals surface area contributed by atoms with E-state index in [9.17, 15) is 29.4 Å². The number of hydrogen-bond acceptors (Lipinski definition) is 7. The van der Waals surface area contributed by atoms with Gasteiger partial charge in [0.2, 0.25) is 0 Å². The van der Waals surface area contributed by atoms with Crippen molar-refractivity contribution < 1.29 is 38.9 Å². The summed E-state index contributed by atoms with van der Waals surface area (Å²) in [4.78, 5) is 53.3. The van der Waals surface area contributed by atoms with E-state index in [1.54, 1.807) is 13.8 Å². The molecule has 0 aromatic heterocycles. The summed E-state index contributed by atoms with van der Waals surface area (Å²) in [6, 6.07) is 0. The molecule has 8 nitrogen and oxygen atoms in total. The van der Waals surface area contributed by atoms with Crippen molar-refractivity contribution in [2.75, 3.05) is 0 Å². The van der Waals surface area contributed by atoms with E-state index < -0.39 is 46.0 Å². The number of ether oxygens (including phenoxy) is 2. The topological polar surface area (TPSA) is 127 Å². The van der Waals surface area contributed by atoms with Crippen LogP contribution in [-0.2, 0) is 28.7 Å². The van der Waals surface area contributed by atoms with E-state index in [0.717, 1.165) is 64.2 Å². The third-order valence-electron chi connectivity index (χ3n) is 14.4. The molecule has 0 spiro atoms. The Morgan fingerprint density at radius 2 is 1.26 bits per heavy atom. The zero-order chi connectivity index (χ0) is 33.7. The summed E-state index contributed by atoms with van der Waals surface area (Å²) in [7, 11) is 0. The van der Waals surface area contributed by atoms with Crippen LogP contribution in [0, 0.1) is 57.7 Å². The van der Waals surface area contributed by atoms with Gasteiger partial charge in [0.25, 0.3) is 0 Å².